The van der Waals surface area contributed by atoms with Gasteiger partial charge in [0.05, 0.1) is 0 Å². The lowest BCUT2D eigenvalue weighted by atomic mass is 10.0. The molecule has 0 saturated carbocycles. The highest BCUT2D eigenvalue weighted by Gasteiger charge is 2.37. The van der Waals surface area contributed by atoms with Gasteiger partial charge in [-0.15, -0.1) is 0 Å². The third-order valence-electron chi connectivity index (χ3n) is 2.98. The molecule has 0 amide bonds. The highest BCUT2D eigenvalue weighted by molar-refractivity contribution is 8.10. The summed E-state index contributed by atoms with van der Waals surface area (Å²) in [5.74, 6) is 0. The van der Waals surface area contributed by atoms with Gasteiger partial charge in [0.25, 0.3) is 5.30 Å². The first-order valence-electron chi connectivity index (χ1n) is 5.89. The number of rotatable bonds is 0. The Morgan fingerprint density at radius 2 is 1.71 bits per heavy atom. The van der Waals surface area contributed by atoms with Crippen LogP contribution in [-0.2, 0) is 26.9 Å². The molecule has 0 aromatic heterocycles. The standard InChI is InChI=1S/C14H9ClO2S.CO2/c15-11-5-6-13-10(8-11)7-9-3-1-2-4-12(9)18(13)14(16)17;2-1-3/h1-6,8H,7H2;. The number of carboxylic acid groups (broad SMARTS) is 1. The minimum absolute atomic E-state index is 0.250. The second-order valence-electron chi connectivity index (χ2n) is 4.18. The summed E-state index contributed by atoms with van der Waals surface area (Å²) in [5, 5.41) is 11.0. The van der Waals surface area contributed by atoms with Gasteiger partial charge in [-0.3, -0.25) is 0 Å². The van der Waals surface area contributed by atoms with Crippen molar-refractivity contribution in [2.45, 2.75) is 16.2 Å². The fourth-order valence-electron chi connectivity index (χ4n) is 2.24. The van der Waals surface area contributed by atoms with Crippen molar-refractivity contribution in [3.8, 4) is 0 Å². The highest BCUT2D eigenvalue weighted by Crippen LogP contribution is 2.36. The van der Waals surface area contributed by atoms with Gasteiger partial charge in [0.2, 0.25) is 0 Å². The lowest BCUT2D eigenvalue weighted by Gasteiger charge is -2.19. The van der Waals surface area contributed by atoms with Gasteiger partial charge in [-0.25, -0.2) is 0 Å². The first kappa shape index (κ1) is 15.3. The zero-order valence-electron chi connectivity index (χ0n) is 10.7. The third kappa shape index (κ3) is 3.16. The summed E-state index contributed by atoms with van der Waals surface area (Å²) in [6, 6.07) is 13.0. The van der Waals surface area contributed by atoms with Crippen molar-refractivity contribution in [2.75, 3.05) is 0 Å². The Kier molecular flexibility index (Phi) is 4.81. The lowest BCUT2D eigenvalue weighted by Crippen LogP contribution is -2.33. The molecule has 0 spiro atoms. The van der Waals surface area contributed by atoms with E-state index < -0.39 is 16.2 Å². The zero-order valence-corrected chi connectivity index (χ0v) is 12.2. The molecule has 2 aromatic rings. The molecule has 21 heavy (non-hydrogen) atoms. The molecule has 1 aliphatic heterocycles. The predicted molar refractivity (Wildman–Crippen MR) is 75.0 cm³/mol. The molecule has 0 bridgehead atoms. The smallest absolute Gasteiger partial charge is 0.373 e. The van der Waals surface area contributed by atoms with Gasteiger partial charge in [0.15, 0.2) is 9.79 Å². The van der Waals surface area contributed by atoms with Gasteiger partial charge in [0, 0.05) is 22.6 Å². The summed E-state index contributed by atoms with van der Waals surface area (Å²) in [7, 11) is -1.01. The van der Waals surface area contributed by atoms with Crippen molar-refractivity contribution in [3.63, 3.8) is 0 Å². The minimum atomic E-state index is -1.04. The van der Waals surface area contributed by atoms with E-state index in [1.54, 1.807) is 12.1 Å². The molecule has 1 unspecified atom stereocenters. The van der Waals surface area contributed by atoms with Gasteiger partial charge in [-0.1, -0.05) is 29.8 Å². The first-order chi connectivity index (χ1) is 10.1. The molecule has 4 nitrogen and oxygen atoms in total. The van der Waals surface area contributed by atoms with E-state index in [-0.39, 0.29) is 6.15 Å². The van der Waals surface area contributed by atoms with Crippen LogP contribution in [0.2, 0.25) is 5.02 Å². The number of carbonyl (C=O) groups excluding carboxylic acids is 3. The number of carbonyl (C=O) groups is 1. The Bertz CT molecular complexity index is 723. The second kappa shape index (κ2) is 6.59. The normalized spacial score (nSPS) is 14.8. The molecular formula is C15H9ClO4S. The monoisotopic (exact) mass is 320 g/mol. The maximum atomic E-state index is 11.4. The molecule has 0 radical (unpaired) electrons. The average molecular weight is 321 g/mol. The molecule has 0 fully saturated rings. The number of hydrogen-bond acceptors (Lipinski definition) is 4. The minimum Gasteiger partial charge on any atom is -0.503 e. The van der Waals surface area contributed by atoms with Gasteiger partial charge in [-0.05, 0) is 24.3 Å². The number of halogens is 1. The average Bonchev–Trinajstić information content (AvgIpc) is 2.45. The fraction of sp³-hybridized carbons (Fsp3) is 0.0667. The van der Waals surface area contributed by atoms with Crippen molar-refractivity contribution in [1.82, 2.24) is 0 Å². The number of benzene rings is 2. The maximum Gasteiger partial charge on any atom is 0.373 e. The van der Waals surface area contributed by atoms with Gasteiger partial charge >= 0.3 is 6.15 Å². The molecule has 0 N–H and O–H groups in total. The van der Waals surface area contributed by atoms with Gasteiger partial charge in [0.1, 0.15) is 10.9 Å². The summed E-state index contributed by atoms with van der Waals surface area (Å²) in [6.45, 7) is 0. The van der Waals surface area contributed by atoms with E-state index in [9.17, 15) is 9.90 Å². The van der Waals surface area contributed by atoms with Crippen LogP contribution in [0, 0.1) is 0 Å². The van der Waals surface area contributed by atoms with Crippen LogP contribution in [0.25, 0.3) is 0 Å². The molecule has 1 aliphatic rings. The molecule has 0 aliphatic carbocycles. The number of hydrogen-bond donors (Lipinski definition) is 0. The van der Waals surface area contributed by atoms with Crippen LogP contribution >= 0.6 is 11.6 Å². The summed E-state index contributed by atoms with van der Waals surface area (Å²) in [5.41, 5.74) is 2.02. The SMILES string of the molecule is O=C([O-])[S+]1c2ccccc2Cc2cc(Cl)ccc21.O=C=O. The highest BCUT2D eigenvalue weighted by atomic mass is 35.5. The van der Waals surface area contributed by atoms with Crippen molar-refractivity contribution < 1.29 is 19.5 Å². The topological polar surface area (TPSA) is 74.3 Å². The second-order valence-corrected chi connectivity index (χ2v) is 6.44. The van der Waals surface area contributed by atoms with E-state index in [1.165, 1.54) is 0 Å². The van der Waals surface area contributed by atoms with Crippen LogP contribution in [0.4, 0.5) is 4.79 Å². The van der Waals surface area contributed by atoms with E-state index in [1.807, 2.05) is 30.3 Å². The third-order valence-corrected chi connectivity index (χ3v) is 5.23. The van der Waals surface area contributed by atoms with Crippen molar-refractivity contribution in [2.24, 2.45) is 0 Å². The summed E-state index contributed by atoms with van der Waals surface area (Å²) < 4.78 is 0. The van der Waals surface area contributed by atoms with Crippen LogP contribution in [0.5, 0.6) is 0 Å². The van der Waals surface area contributed by atoms with E-state index in [2.05, 4.69) is 0 Å². The Labute approximate surface area is 128 Å². The van der Waals surface area contributed by atoms with E-state index in [0.29, 0.717) is 5.02 Å². The molecule has 3 rings (SSSR count). The summed E-state index contributed by atoms with van der Waals surface area (Å²) >= 11 is 5.97. The zero-order chi connectivity index (χ0) is 15.4. The van der Waals surface area contributed by atoms with Gasteiger partial charge < -0.3 is 9.90 Å². The molecule has 2 aromatic carbocycles. The van der Waals surface area contributed by atoms with Crippen molar-refractivity contribution >= 4 is 33.9 Å². The molecule has 106 valence electrons. The Morgan fingerprint density at radius 3 is 2.38 bits per heavy atom. The molecule has 0 saturated heterocycles. The predicted octanol–water partition coefficient (Wildman–Crippen LogP) is 2.04. The lowest BCUT2D eigenvalue weighted by molar-refractivity contribution is -0.233. The maximum absolute atomic E-state index is 11.4. The van der Waals surface area contributed by atoms with Crippen LogP contribution in [0.1, 0.15) is 11.1 Å². The van der Waals surface area contributed by atoms with Crippen LogP contribution in [0.15, 0.2) is 52.3 Å². The molecule has 6 heteroatoms. The van der Waals surface area contributed by atoms with Crippen LogP contribution in [0.3, 0.4) is 0 Å². The Morgan fingerprint density at radius 1 is 1.10 bits per heavy atom. The van der Waals surface area contributed by atoms with Crippen LogP contribution < -0.4 is 5.11 Å². The van der Waals surface area contributed by atoms with E-state index >= 15 is 0 Å². The summed E-state index contributed by atoms with van der Waals surface area (Å²) in [4.78, 5) is 29.4. The van der Waals surface area contributed by atoms with E-state index in [0.717, 1.165) is 27.3 Å². The molecule has 1 atom stereocenters. The Hall–Kier alpha value is -2.07. The van der Waals surface area contributed by atoms with Crippen molar-refractivity contribution in [3.05, 3.63) is 58.6 Å². The largest absolute Gasteiger partial charge is 0.503 e. The Balaban J connectivity index is 0.000000497. The van der Waals surface area contributed by atoms with Crippen LogP contribution in [-0.4, -0.2) is 11.5 Å². The molecule has 1 heterocycles. The van der Waals surface area contributed by atoms with Crippen molar-refractivity contribution in [1.29, 1.82) is 0 Å². The van der Waals surface area contributed by atoms with E-state index in [4.69, 9.17) is 21.2 Å². The summed E-state index contributed by atoms with van der Waals surface area (Å²) in [6.07, 6.45) is 0.975. The molecular weight excluding hydrogens is 312 g/mol. The first-order valence-corrected chi connectivity index (χ1v) is 7.49. The fourth-order valence-corrected chi connectivity index (χ4v) is 4.24. The van der Waals surface area contributed by atoms with Gasteiger partial charge in [-0.2, -0.15) is 9.59 Å². The number of fused-ring (bicyclic) bond motifs is 2. The quantitative estimate of drug-likeness (QED) is 0.696.